The second kappa shape index (κ2) is 6.57. The number of hydrogen-bond acceptors (Lipinski definition) is 0. The molecular weight excluding hydrogens is 378 g/mol. The zero-order valence-corrected chi connectivity index (χ0v) is 17.8. The van der Waals surface area contributed by atoms with Crippen LogP contribution in [0.1, 0.15) is 36.6 Å². The van der Waals surface area contributed by atoms with E-state index in [0.717, 1.165) is 32.7 Å². The van der Waals surface area contributed by atoms with Gasteiger partial charge in [-0.05, 0) is 61.2 Å². The predicted molar refractivity (Wildman–Crippen MR) is 124 cm³/mol. The largest absolute Gasteiger partial charge is 0.361 e. The molecule has 3 aromatic heterocycles. The van der Waals surface area contributed by atoms with E-state index in [1.165, 1.54) is 33.3 Å². The van der Waals surface area contributed by atoms with E-state index in [9.17, 15) is 0 Å². The summed E-state index contributed by atoms with van der Waals surface area (Å²) in [6.45, 7) is 8.85. The molecule has 4 heteroatoms. The first-order chi connectivity index (χ1) is 14.0. The fraction of sp³-hybridized carbons (Fsp3) is 0.200. The topological polar surface area (TPSA) is 47.4 Å². The highest BCUT2D eigenvalue weighted by Gasteiger charge is 2.25. The van der Waals surface area contributed by atoms with Crippen LogP contribution in [0.15, 0.2) is 48.8 Å². The highest BCUT2D eigenvalue weighted by Crippen LogP contribution is 2.46. The smallest absolute Gasteiger partial charge is 0.0507 e. The normalized spacial score (nSPS) is 11.9. The fourth-order valence-electron chi connectivity index (χ4n) is 4.68. The number of nitrogens with one attached hydrogen (secondary N) is 3. The molecule has 0 saturated carbocycles. The lowest BCUT2D eigenvalue weighted by atomic mass is 9.88. The van der Waals surface area contributed by atoms with Crippen molar-refractivity contribution in [1.29, 1.82) is 0 Å². The lowest BCUT2D eigenvalue weighted by Gasteiger charge is -2.15. The minimum Gasteiger partial charge on any atom is -0.361 e. The highest BCUT2D eigenvalue weighted by molar-refractivity contribution is 6.35. The minimum atomic E-state index is 0.337. The maximum Gasteiger partial charge on any atom is 0.0507 e. The molecule has 3 N–H and O–H groups in total. The Morgan fingerprint density at radius 3 is 2.03 bits per heavy atom. The average Bonchev–Trinajstić information content (AvgIpc) is 3.40. The van der Waals surface area contributed by atoms with Crippen molar-refractivity contribution in [2.75, 3.05) is 0 Å². The van der Waals surface area contributed by atoms with E-state index in [-0.39, 0.29) is 0 Å². The molecule has 0 spiro atoms. The van der Waals surface area contributed by atoms with Crippen molar-refractivity contribution in [3.05, 3.63) is 70.6 Å². The number of aromatic nitrogens is 3. The van der Waals surface area contributed by atoms with Gasteiger partial charge in [-0.25, -0.2) is 0 Å². The Morgan fingerprint density at radius 2 is 1.38 bits per heavy atom. The van der Waals surface area contributed by atoms with Gasteiger partial charge in [0, 0.05) is 61.6 Å². The number of aryl methyl sites for hydroxylation is 2. The van der Waals surface area contributed by atoms with Gasteiger partial charge in [0.1, 0.15) is 0 Å². The van der Waals surface area contributed by atoms with E-state index >= 15 is 0 Å². The average molecular weight is 402 g/mol. The summed E-state index contributed by atoms with van der Waals surface area (Å²) < 4.78 is 0. The summed E-state index contributed by atoms with van der Waals surface area (Å²) in [5, 5.41) is 3.18. The Kier molecular flexibility index (Phi) is 4.11. The van der Waals surface area contributed by atoms with Gasteiger partial charge in [0.2, 0.25) is 0 Å². The van der Waals surface area contributed by atoms with Gasteiger partial charge in [0.25, 0.3) is 0 Å². The zero-order valence-electron chi connectivity index (χ0n) is 17.1. The summed E-state index contributed by atoms with van der Waals surface area (Å²) in [7, 11) is 0. The predicted octanol–water partition coefficient (Wildman–Crippen LogP) is 7.70. The van der Waals surface area contributed by atoms with E-state index in [1.54, 1.807) is 0 Å². The molecule has 0 amide bonds. The second-order valence-corrected chi connectivity index (χ2v) is 8.53. The van der Waals surface area contributed by atoms with Gasteiger partial charge in [-0.2, -0.15) is 0 Å². The van der Waals surface area contributed by atoms with E-state index < -0.39 is 0 Å². The van der Waals surface area contributed by atoms with Crippen LogP contribution in [-0.2, 0) is 0 Å². The number of halogens is 1. The van der Waals surface area contributed by atoms with Crippen LogP contribution in [-0.4, -0.2) is 15.0 Å². The fourth-order valence-corrected chi connectivity index (χ4v) is 4.94. The highest BCUT2D eigenvalue weighted by atomic mass is 35.5. The SMILES string of the molecule is Cc1ccc2[nH]ccc2c1-c1[nH]c(C)c(-c2c(Cl)ccc3[nH]ccc23)c1C(C)C. The van der Waals surface area contributed by atoms with E-state index in [0.29, 0.717) is 5.92 Å². The van der Waals surface area contributed by atoms with Crippen LogP contribution in [0.25, 0.3) is 44.2 Å². The molecule has 0 aliphatic carbocycles. The molecule has 0 aliphatic rings. The first kappa shape index (κ1) is 18.1. The van der Waals surface area contributed by atoms with Gasteiger partial charge in [-0.1, -0.05) is 31.5 Å². The molecule has 3 nitrogen and oxygen atoms in total. The molecule has 0 unspecified atom stereocenters. The van der Waals surface area contributed by atoms with Crippen LogP contribution in [0.2, 0.25) is 5.02 Å². The monoisotopic (exact) mass is 401 g/mol. The van der Waals surface area contributed by atoms with Crippen molar-refractivity contribution < 1.29 is 0 Å². The summed E-state index contributed by atoms with van der Waals surface area (Å²) in [5.74, 6) is 0.337. The quantitative estimate of drug-likeness (QED) is 0.277. The van der Waals surface area contributed by atoms with Crippen LogP contribution in [0.5, 0.6) is 0 Å². The van der Waals surface area contributed by atoms with E-state index in [4.69, 9.17) is 11.6 Å². The Hall–Kier alpha value is -2.91. The number of hydrogen-bond donors (Lipinski definition) is 3. The third-order valence-corrected chi connectivity index (χ3v) is 6.24. The summed E-state index contributed by atoms with van der Waals surface area (Å²) >= 11 is 6.77. The molecule has 29 heavy (non-hydrogen) atoms. The van der Waals surface area contributed by atoms with Crippen molar-refractivity contribution in [2.24, 2.45) is 0 Å². The number of aromatic amines is 3. The Morgan fingerprint density at radius 1 is 0.759 bits per heavy atom. The van der Waals surface area contributed by atoms with Crippen molar-refractivity contribution in [3.63, 3.8) is 0 Å². The van der Waals surface area contributed by atoms with E-state index in [1.807, 2.05) is 24.5 Å². The Bertz CT molecular complexity index is 1360. The van der Waals surface area contributed by atoms with Gasteiger partial charge in [-0.3, -0.25) is 0 Å². The molecule has 2 aromatic carbocycles. The molecule has 5 rings (SSSR count). The first-order valence-corrected chi connectivity index (χ1v) is 10.4. The van der Waals surface area contributed by atoms with Gasteiger partial charge in [0.05, 0.1) is 5.69 Å². The van der Waals surface area contributed by atoms with Crippen LogP contribution < -0.4 is 0 Å². The molecule has 5 aromatic rings. The lowest BCUT2D eigenvalue weighted by molar-refractivity contribution is 0.873. The molecule has 0 saturated heterocycles. The Labute approximate surface area is 175 Å². The molecular formula is C25H24ClN3. The van der Waals surface area contributed by atoms with Crippen LogP contribution in [0.4, 0.5) is 0 Å². The number of H-pyrrole nitrogens is 3. The molecule has 3 heterocycles. The standard InChI is InChI=1S/C25H24ClN3/c1-13(2)21-23(24-17-10-12-28-20(17)8-6-18(24)26)15(4)29-25(21)22-14(3)5-7-19-16(22)9-11-27-19/h5-13,27-29H,1-4H3. The number of rotatable bonds is 3. The molecule has 146 valence electrons. The summed E-state index contributed by atoms with van der Waals surface area (Å²) in [5.41, 5.74) is 10.8. The third kappa shape index (κ3) is 2.65. The molecule has 0 fully saturated rings. The first-order valence-electron chi connectivity index (χ1n) is 10.0. The number of benzene rings is 2. The summed E-state index contributed by atoms with van der Waals surface area (Å²) in [6.07, 6.45) is 3.99. The van der Waals surface area contributed by atoms with E-state index in [2.05, 4.69) is 66.9 Å². The van der Waals surface area contributed by atoms with Gasteiger partial charge < -0.3 is 15.0 Å². The number of fused-ring (bicyclic) bond motifs is 2. The molecule has 0 radical (unpaired) electrons. The maximum atomic E-state index is 6.77. The molecule has 0 aliphatic heterocycles. The van der Waals surface area contributed by atoms with Gasteiger partial charge in [0.15, 0.2) is 0 Å². The van der Waals surface area contributed by atoms with Crippen molar-refractivity contribution >= 4 is 33.4 Å². The molecule has 0 atom stereocenters. The summed E-state index contributed by atoms with van der Waals surface area (Å²) in [4.78, 5) is 10.4. The van der Waals surface area contributed by atoms with Crippen molar-refractivity contribution in [2.45, 2.75) is 33.6 Å². The van der Waals surface area contributed by atoms with Crippen LogP contribution in [0, 0.1) is 13.8 Å². The zero-order chi connectivity index (χ0) is 20.3. The van der Waals surface area contributed by atoms with Gasteiger partial charge in [-0.15, -0.1) is 0 Å². The lowest BCUT2D eigenvalue weighted by Crippen LogP contribution is -1.95. The minimum absolute atomic E-state index is 0.337. The van der Waals surface area contributed by atoms with Crippen molar-refractivity contribution in [1.82, 2.24) is 15.0 Å². The maximum absolute atomic E-state index is 6.77. The van der Waals surface area contributed by atoms with Crippen LogP contribution in [0.3, 0.4) is 0 Å². The third-order valence-electron chi connectivity index (χ3n) is 5.93. The Balaban J connectivity index is 1.90. The molecule has 0 bridgehead atoms. The van der Waals surface area contributed by atoms with Crippen LogP contribution >= 0.6 is 11.6 Å². The van der Waals surface area contributed by atoms with Crippen molar-refractivity contribution in [3.8, 4) is 22.4 Å². The second-order valence-electron chi connectivity index (χ2n) is 8.13. The van der Waals surface area contributed by atoms with Gasteiger partial charge >= 0.3 is 0 Å². The summed E-state index contributed by atoms with van der Waals surface area (Å²) in [6, 6.07) is 12.7.